The van der Waals surface area contributed by atoms with Gasteiger partial charge in [-0.25, -0.2) is 4.98 Å². The van der Waals surface area contributed by atoms with Gasteiger partial charge in [-0.2, -0.15) is 0 Å². The van der Waals surface area contributed by atoms with Crippen LogP contribution in [0.1, 0.15) is 5.69 Å². The summed E-state index contributed by atoms with van der Waals surface area (Å²) < 4.78 is 0. The number of aryl methyl sites for hydroxylation is 1. The van der Waals surface area contributed by atoms with Crippen molar-refractivity contribution in [2.75, 3.05) is 26.0 Å². The van der Waals surface area contributed by atoms with Gasteiger partial charge >= 0.3 is 0 Å². The van der Waals surface area contributed by atoms with Crippen LogP contribution in [0, 0.1) is 6.92 Å². The molecule has 0 aromatic carbocycles. The minimum atomic E-state index is 0.773. The van der Waals surface area contributed by atoms with E-state index in [4.69, 9.17) is 12.2 Å². The number of anilines is 1. The number of thiocarbonyl (C=S) groups is 1. The maximum atomic E-state index is 5.21. The minimum Gasteiger partial charge on any atom is -0.355 e. The molecule has 5 heteroatoms. The first kappa shape index (κ1) is 10.4. The SMILES string of the molecule is Cc1csc(N(C)C(=S)N(C)C)n1. The topological polar surface area (TPSA) is 19.4 Å². The fraction of sp³-hybridized carbons (Fsp3) is 0.500. The highest BCUT2D eigenvalue weighted by Gasteiger charge is 2.11. The van der Waals surface area contributed by atoms with E-state index < -0.39 is 0 Å². The van der Waals surface area contributed by atoms with Gasteiger partial charge in [0.05, 0.1) is 5.69 Å². The van der Waals surface area contributed by atoms with E-state index in [0.717, 1.165) is 15.9 Å². The molecule has 72 valence electrons. The molecule has 0 aliphatic rings. The van der Waals surface area contributed by atoms with Crippen molar-refractivity contribution in [1.29, 1.82) is 0 Å². The summed E-state index contributed by atoms with van der Waals surface area (Å²) in [7, 11) is 5.79. The third-order valence-corrected chi connectivity index (χ3v) is 3.24. The van der Waals surface area contributed by atoms with Gasteiger partial charge in [0.15, 0.2) is 10.2 Å². The van der Waals surface area contributed by atoms with Crippen molar-refractivity contribution >= 4 is 33.8 Å². The van der Waals surface area contributed by atoms with Crippen molar-refractivity contribution in [2.45, 2.75) is 6.92 Å². The predicted molar refractivity (Wildman–Crippen MR) is 61.5 cm³/mol. The van der Waals surface area contributed by atoms with Crippen molar-refractivity contribution in [2.24, 2.45) is 0 Å². The smallest absolute Gasteiger partial charge is 0.191 e. The Morgan fingerprint density at radius 2 is 2.08 bits per heavy atom. The van der Waals surface area contributed by atoms with E-state index in [1.54, 1.807) is 11.3 Å². The lowest BCUT2D eigenvalue weighted by atomic mass is 10.6. The summed E-state index contributed by atoms with van der Waals surface area (Å²) in [6.45, 7) is 1.98. The number of hydrogen-bond donors (Lipinski definition) is 0. The van der Waals surface area contributed by atoms with Crippen LogP contribution in [0.4, 0.5) is 5.13 Å². The van der Waals surface area contributed by atoms with E-state index in [2.05, 4.69) is 4.98 Å². The van der Waals surface area contributed by atoms with Gasteiger partial charge in [0.2, 0.25) is 0 Å². The molecule has 13 heavy (non-hydrogen) atoms. The zero-order valence-corrected chi connectivity index (χ0v) is 9.87. The quantitative estimate of drug-likeness (QED) is 0.664. The summed E-state index contributed by atoms with van der Waals surface area (Å²) in [5.74, 6) is 0. The molecule has 0 unspecified atom stereocenters. The number of aromatic nitrogens is 1. The molecule has 1 aromatic heterocycles. The molecule has 0 fully saturated rings. The van der Waals surface area contributed by atoms with Crippen LogP contribution in [0.2, 0.25) is 0 Å². The molecule has 0 saturated carbocycles. The Kier molecular flexibility index (Phi) is 3.22. The van der Waals surface area contributed by atoms with Crippen LogP contribution in [0.5, 0.6) is 0 Å². The lowest BCUT2D eigenvalue weighted by Crippen LogP contribution is -2.35. The summed E-state index contributed by atoms with van der Waals surface area (Å²) in [5.41, 5.74) is 1.04. The standard InChI is InChI=1S/C8H13N3S2/c1-6-5-13-7(9-6)11(4)8(12)10(2)3/h5H,1-4H3. The van der Waals surface area contributed by atoms with Crippen LogP contribution in [0.3, 0.4) is 0 Å². The van der Waals surface area contributed by atoms with Gasteiger partial charge in [0, 0.05) is 26.5 Å². The average Bonchev–Trinajstić information content (AvgIpc) is 2.49. The third kappa shape index (κ3) is 2.38. The Morgan fingerprint density at radius 1 is 1.46 bits per heavy atom. The molecule has 0 radical (unpaired) electrons. The lowest BCUT2D eigenvalue weighted by Gasteiger charge is -2.22. The van der Waals surface area contributed by atoms with Crippen molar-refractivity contribution in [3.8, 4) is 0 Å². The highest BCUT2D eigenvalue weighted by molar-refractivity contribution is 7.80. The van der Waals surface area contributed by atoms with Crippen LogP contribution in [-0.4, -0.2) is 36.1 Å². The van der Waals surface area contributed by atoms with E-state index in [0.29, 0.717) is 0 Å². The Hall–Kier alpha value is -0.680. The monoisotopic (exact) mass is 215 g/mol. The van der Waals surface area contributed by atoms with Crippen LogP contribution in [-0.2, 0) is 0 Å². The van der Waals surface area contributed by atoms with Crippen LogP contribution in [0.15, 0.2) is 5.38 Å². The first-order valence-electron chi connectivity index (χ1n) is 3.89. The molecule has 0 spiro atoms. The Bertz CT molecular complexity index is 306. The molecular formula is C8H13N3S2. The van der Waals surface area contributed by atoms with Gasteiger partial charge in [-0.3, -0.25) is 4.90 Å². The van der Waals surface area contributed by atoms with Crippen molar-refractivity contribution < 1.29 is 0 Å². The van der Waals surface area contributed by atoms with Crippen molar-refractivity contribution in [3.63, 3.8) is 0 Å². The van der Waals surface area contributed by atoms with Crippen molar-refractivity contribution in [1.82, 2.24) is 9.88 Å². The summed E-state index contributed by atoms with van der Waals surface area (Å²) in [5, 5.41) is 3.73. The summed E-state index contributed by atoms with van der Waals surface area (Å²) in [6.07, 6.45) is 0. The second kappa shape index (κ2) is 4.02. The van der Waals surface area contributed by atoms with E-state index in [-0.39, 0.29) is 0 Å². The first-order chi connectivity index (χ1) is 6.02. The number of thiazole rings is 1. The highest BCUT2D eigenvalue weighted by atomic mass is 32.1. The Balaban J connectivity index is 2.79. The molecule has 3 nitrogen and oxygen atoms in total. The fourth-order valence-electron chi connectivity index (χ4n) is 0.877. The predicted octanol–water partition coefficient (Wildman–Crippen LogP) is 1.73. The number of rotatable bonds is 1. The van der Waals surface area contributed by atoms with Crippen molar-refractivity contribution in [3.05, 3.63) is 11.1 Å². The fourth-order valence-corrected chi connectivity index (χ4v) is 1.79. The zero-order valence-electron chi connectivity index (χ0n) is 8.24. The van der Waals surface area contributed by atoms with Gasteiger partial charge in [-0.15, -0.1) is 11.3 Å². The van der Waals surface area contributed by atoms with E-state index in [9.17, 15) is 0 Å². The first-order valence-corrected chi connectivity index (χ1v) is 5.18. The van der Waals surface area contributed by atoms with Crippen LogP contribution < -0.4 is 4.90 Å². The Labute approximate surface area is 88.0 Å². The zero-order chi connectivity index (χ0) is 10.0. The molecule has 0 saturated heterocycles. The molecule has 0 aliphatic carbocycles. The van der Waals surface area contributed by atoms with Crippen LogP contribution >= 0.6 is 23.6 Å². The third-order valence-electron chi connectivity index (χ3n) is 1.56. The largest absolute Gasteiger partial charge is 0.355 e. The molecule has 1 aromatic rings. The normalized spacial score (nSPS) is 9.85. The summed E-state index contributed by atoms with van der Waals surface area (Å²) in [4.78, 5) is 8.15. The molecule has 0 amide bonds. The van der Waals surface area contributed by atoms with Gasteiger partial charge < -0.3 is 4.90 Å². The highest BCUT2D eigenvalue weighted by Crippen LogP contribution is 2.19. The Morgan fingerprint density at radius 3 is 2.46 bits per heavy atom. The molecule has 0 bridgehead atoms. The maximum absolute atomic E-state index is 5.21. The summed E-state index contributed by atoms with van der Waals surface area (Å²) in [6, 6.07) is 0. The molecular weight excluding hydrogens is 202 g/mol. The molecule has 0 N–H and O–H groups in total. The maximum Gasteiger partial charge on any atom is 0.191 e. The molecule has 1 heterocycles. The van der Waals surface area contributed by atoms with Gasteiger partial charge in [-0.05, 0) is 19.1 Å². The average molecular weight is 215 g/mol. The lowest BCUT2D eigenvalue weighted by molar-refractivity contribution is 0.622. The van der Waals surface area contributed by atoms with E-state index in [1.807, 2.05) is 43.2 Å². The molecule has 1 rings (SSSR count). The van der Waals surface area contributed by atoms with Gasteiger partial charge in [-0.1, -0.05) is 0 Å². The number of nitrogens with zero attached hydrogens (tertiary/aromatic N) is 3. The number of hydrogen-bond acceptors (Lipinski definition) is 3. The second-order valence-electron chi connectivity index (χ2n) is 3.01. The summed E-state index contributed by atoms with van der Waals surface area (Å²) >= 11 is 6.81. The van der Waals surface area contributed by atoms with E-state index in [1.165, 1.54) is 0 Å². The molecule has 0 atom stereocenters. The van der Waals surface area contributed by atoms with Gasteiger partial charge in [0.1, 0.15) is 0 Å². The van der Waals surface area contributed by atoms with Crippen LogP contribution in [0.25, 0.3) is 0 Å². The molecule has 0 aliphatic heterocycles. The minimum absolute atomic E-state index is 0.773. The van der Waals surface area contributed by atoms with E-state index >= 15 is 0 Å². The van der Waals surface area contributed by atoms with Gasteiger partial charge in [0.25, 0.3) is 0 Å². The second-order valence-corrected chi connectivity index (χ2v) is 4.21.